The number of hydrogen-bond acceptors (Lipinski definition) is 6. The molecule has 1 heterocycles. The number of hydrogen-bond donors (Lipinski definition) is 0. The summed E-state index contributed by atoms with van der Waals surface area (Å²) in [6, 6.07) is 5.43. The van der Waals surface area contributed by atoms with E-state index < -0.39 is 0 Å². The Bertz CT molecular complexity index is 584. The van der Waals surface area contributed by atoms with Gasteiger partial charge in [-0.1, -0.05) is 9.79 Å². The van der Waals surface area contributed by atoms with Crippen molar-refractivity contribution in [2.75, 3.05) is 27.4 Å². The van der Waals surface area contributed by atoms with Gasteiger partial charge in [0.2, 0.25) is 0 Å². The van der Waals surface area contributed by atoms with Crippen LogP contribution in [0.15, 0.2) is 15.9 Å². The molecule has 0 bridgehead atoms. The molecule has 0 saturated carbocycles. The van der Waals surface area contributed by atoms with Crippen LogP contribution in [0.4, 0.5) is 0 Å². The molecule has 28 heavy (non-hydrogen) atoms. The third-order valence-electron chi connectivity index (χ3n) is 3.98. The van der Waals surface area contributed by atoms with Gasteiger partial charge in [0, 0.05) is 24.7 Å². The zero-order chi connectivity index (χ0) is 20.3. The molecule has 0 radical (unpaired) electrons. The molecule has 0 saturated heterocycles. The summed E-state index contributed by atoms with van der Waals surface area (Å²) in [5.41, 5.74) is -0.273. The van der Waals surface area contributed by atoms with Gasteiger partial charge in [-0.25, -0.2) is 0 Å². The molecule has 4 nitrogen and oxygen atoms in total. The fourth-order valence-corrected chi connectivity index (χ4v) is 5.76. The molecular weight excluding hydrogens is 387 g/mol. The molecule has 0 fully saturated rings. The van der Waals surface area contributed by atoms with Gasteiger partial charge in [0.05, 0.1) is 29.5 Å². The van der Waals surface area contributed by atoms with Gasteiger partial charge in [-0.2, -0.15) is 11.8 Å². The van der Waals surface area contributed by atoms with Crippen molar-refractivity contribution in [1.82, 2.24) is 0 Å². The van der Waals surface area contributed by atoms with E-state index in [1.54, 1.807) is 14.2 Å². The third-order valence-corrected chi connectivity index (χ3v) is 7.24. The van der Waals surface area contributed by atoms with Crippen molar-refractivity contribution < 1.29 is 37.8 Å². The Labute approximate surface area is 191 Å². The van der Waals surface area contributed by atoms with Crippen LogP contribution in [0, 0.1) is 6.07 Å². The topological polar surface area (TPSA) is 36.9 Å². The summed E-state index contributed by atoms with van der Waals surface area (Å²) >= 11 is 3.72. The van der Waals surface area contributed by atoms with Crippen LogP contribution in [0.5, 0.6) is 11.5 Å². The summed E-state index contributed by atoms with van der Waals surface area (Å²) < 4.78 is 22.9. The van der Waals surface area contributed by atoms with Crippen molar-refractivity contribution >= 4 is 23.5 Å². The SMILES string of the molecule is COc1[c-]c2c(cc1OC)SC(CCOC(C)(C)C)(CCOC(C)(C)C)S2.[Li+]. The predicted molar refractivity (Wildman–Crippen MR) is 113 cm³/mol. The third kappa shape index (κ3) is 7.70. The van der Waals surface area contributed by atoms with Gasteiger partial charge < -0.3 is 18.9 Å². The molecule has 0 spiro atoms. The predicted octanol–water partition coefficient (Wildman–Crippen LogP) is 2.81. The minimum atomic E-state index is -0.136. The molecule has 1 aromatic carbocycles. The first-order valence-electron chi connectivity index (χ1n) is 9.31. The van der Waals surface area contributed by atoms with Crippen LogP contribution in [0.3, 0.4) is 0 Å². The summed E-state index contributed by atoms with van der Waals surface area (Å²) in [6.45, 7) is 14.0. The van der Waals surface area contributed by atoms with E-state index in [0.717, 1.165) is 23.5 Å². The van der Waals surface area contributed by atoms with Crippen molar-refractivity contribution in [2.24, 2.45) is 0 Å². The summed E-state index contributed by atoms with van der Waals surface area (Å²) in [5.74, 6) is 1.37. The van der Waals surface area contributed by atoms with Gasteiger partial charge >= 0.3 is 18.9 Å². The second kappa shape index (κ2) is 10.4. The number of benzene rings is 1. The molecule has 0 unspecified atom stereocenters. The maximum atomic E-state index is 6.03. The van der Waals surface area contributed by atoms with Crippen molar-refractivity contribution in [3.05, 3.63) is 12.1 Å². The van der Waals surface area contributed by atoms with Crippen molar-refractivity contribution in [2.45, 2.75) is 79.5 Å². The average Bonchev–Trinajstić information content (AvgIpc) is 2.88. The van der Waals surface area contributed by atoms with Crippen LogP contribution in [0.2, 0.25) is 0 Å². The van der Waals surface area contributed by atoms with E-state index >= 15 is 0 Å². The molecule has 0 atom stereocenters. The van der Waals surface area contributed by atoms with Crippen molar-refractivity contribution in [1.29, 1.82) is 0 Å². The Hall–Kier alpha value is 0.0374. The number of rotatable bonds is 8. The van der Waals surface area contributed by atoms with Gasteiger partial charge in [0.15, 0.2) is 0 Å². The van der Waals surface area contributed by atoms with Gasteiger partial charge in [0.1, 0.15) is 0 Å². The fraction of sp³-hybridized carbons (Fsp3) is 0.714. The van der Waals surface area contributed by atoms with E-state index in [1.807, 2.05) is 23.5 Å². The Morgan fingerprint density at radius 3 is 1.86 bits per heavy atom. The second-order valence-electron chi connectivity index (χ2n) is 8.60. The minimum Gasteiger partial charge on any atom is -0.551 e. The van der Waals surface area contributed by atoms with E-state index in [9.17, 15) is 0 Å². The molecule has 154 valence electrons. The number of methoxy groups -OCH3 is 2. The fourth-order valence-electron chi connectivity index (χ4n) is 2.69. The molecule has 0 N–H and O–H groups in total. The first-order chi connectivity index (χ1) is 12.5. The van der Waals surface area contributed by atoms with Crippen molar-refractivity contribution in [3.8, 4) is 11.5 Å². The van der Waals surface area contributed by atoms with E-state index in [0.29, 0.717) is 19.0 Å². The first-order valence-corrected chi connectivity index (χ1v) is 10.9. The van der Waals surface area contributed by atoms with E-state index in [4.69, 9.17) is 18.9 Å². The van der Waals surface area contributed by atoms with Crippen LogP contribution in [-0.2, 0) is 9.47 Å². The summed E-state index contributed by atoms with van der Waals surface area (Å²) in [6.07, 6.45) is 1.86. The van der Waals surface area contributed by atoms with Gasteiger partial charge in [-0.05, 0) is 54.4 Å². The van der Waals surface area contributed by atoms with Crippen molar-refractivity contribution in [3.63, 3.8) is 0 Å². The second-order valence-corrected chi connectivity index (χ2v) is 11.7. The molecule has 2 rings (SSSR count). The Morgan fingerprint density at radius 1 is 0.893 bits per heavy atom. The molecule has 1 aliphatic rings. The molecule has 0 aliphatic carbocycles. The maximum Gasteiger partial charge on any atom is 1.00 e. The molecule has 1 aliphatic heterocycles. The van der Waals surface area contributed by atoms with Crippen LogP contribution < -0.4 is 28.3 Å². The van der Waals surface area contributed by atoms with Crippen LogP contribution in [-0.4, -0.2) is 42.7 Å². The van der Waals surface area contributed by atoms with Gasteiger partial charge in [-0.15, -0.1) is 23.9 Å². The molecule has 0 amide bonds. The smallest absolute Gasteiger partial charge is 0.551 e. The van der Waals surface area contributed by atoms with Crippen LogP contribution in [0.1, 0.15) is 54.4 Å². The largest absolute Gasteiger partial charge is 1.00 e. The standard InChI is InChI=1S/C21H33O4S2.Li/c1-19(2,3)24-11-9-21(10-12-25-20(4,5)6)26-17-13-15(22-7)16(23-8)14-18(17)27-21;/h13H,9-12H2,1-8H3;/q-1;+1. The quantitative estimate of drug-likeness (QED) is 0.476. The Balaban J connectivity index is 0.00000392. The Morgan fingerprint density at radius 2 is 1.43 bits per heavy atom. The summed E-state index contributed by atoms with van der Waals surface area (Å²) in [7, 11) is 3.31. The zero-order valence-corrected chi connectivity index (χ0v) is 20.5. The van der Waals surface area contributed by atoms with Gasteiger partial charge in [-0.3, -0.25) is 0 Å². The van der Waals surface area contributed by atoms with Crippen LogP contribution >= 0.6 is 23.5 Å². The zero-order valence-electron chi connectivity index (χ0n) is 18.9. The summed E-state index contributed by atoms with van der Waals surface area (Å²) in [5, 5.41) is 0. The van der Waals surface area contributed by atoms with E-state index in [1.165, 1.54) is 4.90 Å². The summed E-state index contributed by atoms with van der Waals surface area (Å²) in [4.78, 5) is 2.30. The monoisotopic (exact) mass is 420 g/mol. The minimum absolute atomic E-state index is 0. The number of fused-ring (bicyclic) bond motifs is 1. The molecule has 1 aromatic rings. The first kappa shape index (κ1) is 26.1. The van der Waals surface area contributed by atoms with Crippen LogP contribution in [0.25, 0.3) is 0 Å². The maximum absolute atomic E-state index is 6.03. The average molecular weight is 421 g/mol. The Kier molecular flexibility index (Phi) is 9.66. The number of thioether (sulfide) groups is 2. The molecule has 7 heteroatoms. The normalized spacial score (nSPS) is 15.7. The molecule has 0 aromatic heterocycles. The van der Waals surface area contributed by atoms with E-state index in [2.05, 4.69) is 53.7 Å². The van der Waals surface area contributed by atoms with Gasteiger partial charge in [0.25, 0.3) is 0 Å². The molecular formula is C21H33LiO4S2. The van der Waals surface area contributed by atoms with E-state index in [-0.39, 0.29) is 34.1 Å². The number of ether oxygens (including phenoxy) is 4.